The minimum absolute atomic E-state index is 0.0529. The monoisotopic (exact) mass is 475 g/mol. The number of halogens is 3. The summed E-state index contributed by atoms with van der Waals surface area (Å²) >= 11 is 0. The summed E-state index contributed by atoms with van der Waals surface area (Å²) in [7, 11) is -4.17. The van der Waals surface area contributed by atoms with Gasteiger partial charge in [0.05, 0.1) is 21.1 Å². The van der Waals surface area contributed by atoms with Gasteiger partial charge in [0, 0.05) is 38.8 Å². The van der Waals surface area contributed by atoms with E-state index in [1.807, 2.05) is 0 Å². The standard InChI is InChI=1S/C19H20F3N3O6S/c20-19(21,22)31-12-1-3-13(4-2-12)32(28,29)14-9-15(23)16(24-10-14)17(26)25-11-18(27)5-7-30-8-6-18/h1-4,9-10,27H,5-8,11,23H2,(H,25,26). The highest BCUT2D eigenvalue weighted by atomic mass is 32.2. The Bertz CT molecular complexity index is 1080. The number of alkyl halides is 3. The Kier molecular flexibility index (Phi) is 6.62. The van der Waals surface area contributed by atoms with E-state index in [9.17, 15) is 31.5 Å². The van der Waals surface area contributed by atoms with Crippen molar-refractivity contribution in [3.05, 3.63) is 42.2 Å². The summed E-state index contributed by atoms with van der Waals surface area (Å²) in [5, 5.41) is 12.9. The summed E-state index contributed by atoms with van der Waals surface area (Å²) in [4.78, 5) is 15.5. The van der Waals surface area contributed by atoms with E-state index < -0.39 is 33.5 Å². The lowest BCUT2D eigenvalue weighted by atomic mass is 9.94. The van der Waals surface area contributed by atoms with Gasteiger partial charge in [-0.05, 0) is 30.3 Å². The highest BCUT2D eigenvalue weighted by Gasteiger charge is 2.32. The van der Waals surface area contributed by atoms with Crippen molar-refractivity contribution in [2.24, 2.45) is 0 Å². The van der Waals surface area contributed by atoms with Crippen molar-refractivity contribution in [1.82, 2.24) is 10.3 Å². The molecule has 4 N–H and O–H groups in total. The number of nitrogens with one attached hydrogen (secondary N) is 1. The Balaban J connectivity index is 1.74. The quantitative estimate of drug-likeness (QED) is 0.573. The maximum Gasteiger partial charge on any atom is 0.573 e. The van der Waals surface area contributed by atoms with Gasteiger partial charge in [-0.15, -0.1) is 13.2 Å². The second-order valence-corrected chi connectivity index (χ2v) is 9.10. The molecular formula is C19H20F3N3O6S. The Hall–Kier alpha value is -2.90. The third-order valence-electron chi connectivity index (χ3n) is 4.79. The number of aliphatic hydroxyl groups is 1. The number of ether oxygens (including phenoxy) is 2. The minimum atomic E-state index is -4.91. The molecule has 3 rings (SSSR count). The number of hydrogen-bond donors (Lipinski definition) is 3. The average molecular weight is 475 g/mol. The van der Waals surface area contributed by atoms with Gasteiger partial charge in [0.1, 0.15) is 5.75 Å². The summed E-state index contributed by atoms with van der Waals surface area (Å²) < 4.78 is 71.1. The van der Waals surface area contributed by atoms with Crippen molar-refractivity contribution < 1.29 is 41.0 Å². The number of pyridine rings is 1. The van der Waals surface area contributed by atoms with Crippen LogP contribution in [0.2, 0.25) is 0 Å². The molecule has 0 bridgehead atoms. The Labute approximate surface area is 181 Å². The van der Waals surface area contributed by atoms with Crippen molar-refractivity contribution in [3.8, 4) is 5.75 Å². The van der Waals surface area contributed by atoms with Gasteiger partial charge >= 0.3 is 6.36 Å². The van der Waals surface area contributed by atoms with Crippen molar-refractivity contribution in [3.63, 3.8) is 0 Å². The lowest BCUT2D eigenvalue weighted by Crippen LogP contribution is -2.46. The Morgan fingerprint density at radius 3 is 2.41 bits per heavy atom. The van der Waals surface area contributed by atoms with Crippen LogP contribution in [-0.2, 0) is 14.6 Å². The number of sulfone groups is 1. The van der Waals surface area contributed by atoms with Crippen LogP contribution in [0.4, 0.5) is 18.9 Å². The van der Waals surface area contributed by atoms with Gasteiger partial charge < -0.3 is 25.6 Å². The lowest BCUT2D eigenvalue weighted by Gasteiger charge is -2.32. The van der Waals surface area contributed by atoms with Gasteiger partial charge in [-0.1, -0.05) is 0 Å². The number of anilines is 1. The summed E-state index contributed by atoms with van der Waals surface area (Å²) in [5.74, 6) is -1.27. The number of hydrogen-bond acceptors (Lipinski definition) is 8. The van der Waals surface area contributed by atoms with E-state index in [2.05, 4.69) is 15.0 Å². The van der Waals surface area contributed by atoms with Gasteiger partial charge in [0.15, 0.2) is 5.69 Å². The largest absolute Gasteiger partial charge is 0.573 e. The van der Waals surface area contributed by atoms with Gasteiger partial charge in [-0.2, -0.15) is 0 Å². The maximum absolute atomic E-state index is 12.7. The number of rotatable bonds is 6. The molecule has 0 radical (unpaired) electrons. The van der Waals surface area contributed by atoms with Crippen LogP contribution >= 0.6 is 0 Å². The number of carbonyl (C=O) groups is 1. The van der Waals surface area contributed by atoms with Crippen molar-refractivity contribution in [2.45, 2.75) is 34.6 Å². The molecule has 13 heteroatoms. The lowest BCUT2D eigenvalue weighted by molar-refractivity contribution is -0.274. The third kappa shape index (κ3) is 5.66. The molecule has 2 aromatic rings. The summed E-state index contributed by atoms with van der Waals surface area (Å²) in [6, 6.07) is 4.64. The molecule has 1 aliphatic rings. The zero-order valence-corrected chi connectivity index (χ0v) is 17.4. The fraction of sp³-hybridized carbons (Fsp3) is 0.368. The molecule has 0 unspecified atom stereocenters. The number of carbonyl (C=O) groups excluding carboxylic acids is 1. The molecule has 1 saturated heterocycles. The molecule has 2 heterocycles. The van der Waals surface area contributed by atoms with Gasteiger partial charge in [-0.25, -0.2) is 13.4 Å². The molecule has 32 heavy (non-hydrogen) atoms. The fourth-order valence-electron chi connectivity index (χ4n) is 3.01. The SMILES string of the molecule is Nc1cc(S(=O)(=O)c2ccc(OC(F)(F)F)cc2)cnc1C(=O)NCC1(O)CCOCC1. The first-order valence-corrected chi connectivity index (χ1v) is 10.8. The first-order valence-electron chi connectivity index (χ1n) is 9.34. The molecular weight excluding hydrogens is 455 g/mol. The van der Waals surface area contributed by atoms with E-state index in [1.54, 1.807) is 0 Å². The molecule has 0 atom stereocenters. The second kappa shape index (κ2) is 8.92. The van der Waals surface area contributed by atoms with Crippen LogP contribution in [0.5, 0.6) is 5.75 Å². The number of benzene rings is 1. The topological polar surface area (TPSA) is 141 Å². The van der Waals surface area contributed by atoms with Gasteiger partial charge in [0.25, 0.3) is 5.91 Å². The molecule has 1 aliphatic heterocycles. The van der Waals surface area contributed by atoms with E-state index in [4.69, 9.17) is 10.5 Å². The van der Waals surface area contributed by atoms with Crippen molar-refractivity contribution in [1.29, 1.82) is 0 Å². The Morgan fingerprint density at radius 2 is 1.84 bits per heavy atom. The van der Waals surface area contributed by atoms with Crippen molar-refractivity contribution in [2.75, 3.05) is 25.5 Å². The van der Waals surface area contributed by atoms with E-state index in [0.717, 1.165) is 36.5 Å². The summed E-state index contributed by atoms with van der Waals surface area (Å²) in [6.45, 7) is 0.675. The first kappa shape index (κ1) is 23.8. The number of aromatic nitrogens is 1. The molecule has 0 spiro atoms. The molecule has 1 aromatic carbocycles. The van der Waals surface area contributed by atoms with Crippen molar-refractivity contribution >= 4 is 21.4 Å². The Morgan fingerprint density at radius 1 is 1.22 bits per heavy atom. The van der Waals surface area contributed by atoms with Crippen LogP contribution in [0.25, 0.3) is 0 Å². The molecule has 0 aliphatic carbocycles. The van der Waals surface area contributed by atoms with E-state index in [1.165, 1.54) is 0 Å². The van der Waals surface area contributed by atoms with Crippen LogP contribution in [0.3, 0.4) is 0 Å². The smallest absolute Gasteiger partial charge is 0.406 e. The zero-order chi connectivity index (χ0) is 23.6. The molecule has 1 fully saturated rings. The van der Waals surface area contributed by atoms with Gasteiger partial charge in [0.2, 0.25) is 9.84 Å². The molecule has 174 valence electrons. The molecule has 9 nitrogen and oxygen atoms in total. The summed E-state index contributed by atoms with van der Waals surface area (Å²) in [5.41, 5.74) is 4.25. The predicted molar refractivity (Wildman–Crippen MR) is 105 cm³/mol. The maximum atomic E-state index is 12.7. The van der Waals surface area contributed by atoms with Crippen LogP contribution in [0.15, 0.2) is 46.3 Å². The highest BCUT2D eigenvalue weighted by Crippen LogP contribution is 2.27. The number of amides is 1. The zero-order valence-electron chi connectivity index (χ0n) is 16.6. The first-order chi connectivity index (χ1) is 14.9. The molecule has 1 amide bonds. The van der Waals surface area contributed by atoms with Crippen LogP contribution in [0.1, 0.15) is 23.3 Å². The average Bonchev–Trinajstić information content (AvgIpc) is 2.72. The van der Waals surface area contributed by atoms with E-state index in [0.29, 0.717) is 26.1 Å². The molecule has 1 aromatic heterocycles. The number of nitrogens with two attached hydrogens (primary N) is 1. The van der Waals surface area contributed by atoms with Gasteiger partial charge in [-0.3, -0.25) is 4.79 Å². The number of nitrogen functional groups attached to an aromatic ring is 1. The van der Waals surface area contributed by atoms with Crippen LogP contribution < -0.4 is 15.8 Å². The molecule has 0 saturated carbocycles. The van der Waals surface area contributed by atoms with Crippen LogP contribution in [-0.4, -0.2) is 56.1 Å². The number of nitrogens with zero attached hydrogens (tertiary/aromatic N) is 1. The van der Waals surface area contributed by atoms with E-state index >= 15 is 0 Å². The normalized spacial score (nSPS) is 16.4. The predicted octanol–water partition coefficient (Wildman–Crippen LogP) is 1.67. The minimum Gasteiger partial charge on any atom is -0.406 e. The summed E-state index contributed by atoms with van der Waals surface area (Å²) in [6.07, 6.45) is -3.29. The highest BCUT2D eigenvalue weighted by molar-refractivity contribution is 7.91. The second-order valence-electron chi connectivity index (χ2n) is 7.15. The van der Waals surface area contributed by atoms with E-state index in [-0.39, 0.29) is 27.7 Å². The van der Waals surface area contributed by atoms with Crippen LogP contribution in [0, 0.1) is 0 Å². The fourth-order valence-corrected chi connectivity index (χ4v) is 4.25. The third-order valence-corrected chi connectivity index (χ3v) is 6.52.